The highest BCUT2D eigenvalue weighted by molar-refractivity contribution is 5.97. The number of benzene rings is 2. The Balaban J connectivity index is 1.83. The molecule has 2 aromatic carbocycles. The molecule has 6 N–H and O–H groups in total. The van der Waals surface area contributed by atoms with Gasteiger partial charge in [0.1, 0.15) is 36.4 Å². The number of unbranched alkanes of at least 4 members (excludes halogenated alkanes) is 1. The summed E-state index contributed by atoms with van der Waals surface area (Å²) in [6.07, 6.45) is 0.0699. The first-order valence-corrected chi connectivity index (χ1v) is 20.9. The van der Waals surface area contributed by atoms with Gasteiger partial charge in [-0.15, -0.1) is 0 Å². The number of nitrogens with one attached hydrogen (secondary N) is 6. The molecule has 1 aliphatic heterocycles. The number of ether oxygens (including phenoxy) is 4. The third-order valence-corrected chi connectivity index (χ3v) is 9.78. The first kappa shape index (κ1) is 50.4. The minimum Gasteiger partial charge on any atom is -0.467 e. The second-order valence-electron chi connectivity index (χ2n) is 16.6. The van der Waals surface area contributed by atoms with Crippen molar-refractivity contribution >= 4 is 41.8 Å². The quantitative estimate of drug-likeness (QED) is 0.0420. The summed E-state index contributed by atoms with van der Waals surface area (Å²) in [5.74, 6) is -2.63. The summed E-state index contributed by atoms with van der Waals surface area (Å²) < 4.78 is 20.9. The van der Waals surface area contributed by atoms with Gasteiger partial charge in [0.25, 0.3) is 0 Å². The van der Waals surface area contributed by atoms with Crippen molar-refractivity contribution in [2.75, 3.05) is 26.8 Å². The van der Waals surface area contributed by atoms with Gasteiger partial charge in [-0.25, -0.2) is 19.2 Å². The number of carbonyl (C=O) groups excluding carboxylic acids is 7. The van der Waals surface area contributed by atoms with Gasteiger partial charge in [-0.2, -0.15) is 0 Å². The number of Topliss-reactive ketones (excluding diaryl/α,β-unsaturated/α-hetero) is 1. The molecule has 2 aromatic rings. The first-order valence-electron chi connectivity index (χ1n) is 20.9. The van der Waals surface area contributed by atoms with Crippen LogP contribution in [-0.2, 0) is 51.2 Å². The van der Waals surface area contributed by atoms with Crippen LogP contribution in [0.3, 0.4) is 0 Å². The molecule has 5 amide bonds. The van der Waals surface area contributed by atoms with Gasteiger partial charge in [-0.3, -0.25) is 14.4 Å². The van der Waals surface area contributed by atoms with E-state index in [-0.39, 0.29) is 64.3 Å². The Labute approximate surface area is 364 Å². The molecule has 0 spiro atoms. The van der Waals surface area contributed by atoms with E-state index in [4.69, 9.17) is 18.9 Å². The minimum absolute atomic E-state index is 0.0830. The third-order valence-electron chi connectivity index (χ3n) is 9.78. The van der Waals surface area contributed by atoms with E-state index in [0.717, 1.165) is 11.1 Å². The van der Waals surface area contributed by atoms with E-state index in [1.54, 1.807) is 32.9 Å². The summed E-state index contributed by atoms with van der Waals surface area (Å²) in [6.45, 7) is 12.7. The van der Waals surface area contributed by atoms with Crippen molar-refractivity contribution < 1.29 is 52.5 Å². The highest BCUT2D eigenvalue weighted by atomic mass is 16.6. The Morgan fingerprint density at radius 1 is 0.823 bits per heavy atom. The van der Waals surface area contributed by atoms with Crippen LogP contribution in [0.15, 0.2) is 73.3 Å². The smallest absolute Gasteiger partial charge is 0.408 e. The van der Waals surface area contributed by atoms with E-state index in [2.05, 4.69) is 38.5 Å². The van der Waals surface area contributed by atoms with Crippen LogP contribution in [0.25, 0.3) is 0 Å². The van der Waals surface area contributed by atoms with Gasteiger partial charge < -0.3 is 50.8 Å². The molecular formula is C45H64N6O11. The predicted molar refractivity (Wildman–Crippen MR) is 231 cm³/mol. The lowest BCUT2D eigenvalue weighted by Gasteiger charge is -2.39. The Morgan fingerprint density at radius 3 is 2.06 bits per heavy atom. The molecule has 17 heteroatoms. The number of ketones is 1. The fourth-order valence-corrected chi connectivity index (χ4v) is 6.82. The standard InChI is InChI=1S/C45H64N6O11/c1-8-25-60-43(58)51-45(40(55)59-7)22-24-46-36(28-45)37(52)33(21-15-16-23-47-41(56)61-29-32-19-13-10-14-20-32)48-38(53)34(26-30(2)3)49-39(54)35(27-31-17-11-9-12-18-31)50-42(57)62-44(4,5)6/h8-14,17-20,30,33-36,46H,1,15-16,21-29H2,2-7H3,(H,47,56)(H,48,53)(H,49,54)(H,50,57)(H,51,58)/t33-,34-,35-,36?,45?/m1/s1. The van der Waals surface area contributed by atoms with Gasteiger partial charge in [0.15, 0.2) is 5.78 Å². The molecule has 0 aliphatic carbocycles. The first-order chi connectivity index (χ1) is 29.4. The highest BCUT2D eigenvalue weighted by Crippen LogP contribution is 2.26. The monoisotopic (exact) mass is 864 g/mol. The van der Waals surface area contributed by atoms with E-state index in [1.807, 2.05) is 62.4 Å². The Bertz CT molecular complexity index is 1800. The number of amides is 5. The van der Waals surface area contributed by atoms with Crippen molar-refractivity contribution in [2.45, 2.75) is 121 Å². The van der Waals surface area contributed by atoms with Gasteiger partial charge in [0.05, 0.1) is 19.2 Å². The summed E-state index contributed by atoms with van der Waals surface area (Å²) in [5, 5.41) is 16.7. The van der Waals surface area contributed by atoms with Gasteiger partial charge in [-0.05, 0) is 76.5 Å². The number of hydrogen-bond donors (Lipinski definition) is 6. The highest BCUT2D eigenvalue weighted by Gasteiger charge is 2.48. The maximum Gasteiger partial charge on any atom is 0.408 e. The number of esters is 1. The zero-order valence-electron chi connectivity index (χ0n) is 36.7. The van der Waals surface area contributed by atoms with E-state index >= 15 is 0 Å². The molecule has 17 nitrogen and oxygen atoms in total. The summed E-state index contributed by atoms with van der Waals surface area (Å²) in [5.41, 5.74) is -0.880. The Hall–Kier alpha value is -5.97. The molecule has 1 heterocycles. The van der Waals surface area contributed by atoms with E-state index in [9.17, 15) is 33.6 Å². The number of carbonyl (C=O) groups is 7. The third kappa shape index (κ3) is 17.6. The largest absolute Gasteiger partial charge is 0.467 e. The SMILES string of the molecule is C=CCOC(=O)NC1(C(=O)OC)CCNC(C(=O)[C@@H](CCCCNC(=O)OCc2ccccc2)NC(=O)[C@@H](CC(C)C)NC(=O)[C@@H](Cc2ccccc2)NC(=O)OC(C)(C)C)C1. The summed E-state index contributed by atoms with van der Waals surface area (Å²) in [7, 11) is 1.17. The van der Waals surface area contributed by atoms with Crippen molar-refractivity contribution in [3.63, 3.8) is 0 Å². The fraction of sp³-hybridized carbons (Fsp3) is 0.533. The molecule has 2 unspecified atom stereocenters. The van der Waals surface area contributed by atoms with E-state index in [1.165, 1.54) is 13.2 Å². The molecular weight excluding hydrogens is 801 g/mol. The van der Waals surface area contributed by atoms with Crippen LogP contribution in [0.5, 0.6) is 0 Å². The minimum atomic E-state index is -1.62. The zero-order chi connectivity index (χ0) is 45.7. The maximum atomic E-state index is 14.5. The average Bonchev–Trinajstić information content (AvgIpc) is 3.23. The Kier molecular flexibility index (Phi) is 20.4. The molecule has 5 atom stereocenters. The molecule has 3 rings (SSSR count). The summed E-state index contributed by atoms with van der Waals surface area (Å²) in [6, 6.07) is 13.8. The van der Waals surface area contributed by atoms with Crippen LogP contribution in [0.2, 0.25) is 0 Å². The van der Waals surface area contributed by atoms with E-state index in [0.29, 0.717) is 12.8 Å². The molecule has 0 aromatic heterocycles. The molecule has 1 fully saturated rings. The molecule has 0 saturated carbocycles. The number of methoxy groups -OCH3 is 1. The van der Waals surface area contributed by atoms with Crippen LogP contribution in [0, 0.1) is 5.92 Å². The fourth-order valence-electron chi connectivity index (χ4n) is 6.82. The van der Waals surface area contributed by atoms with Gasteiger partial charge >= 0.3 is 24.2 Å². The van der Waals surface area contributed by atoms with Crippen LogP contribution < -0.4 is 31.9 Å². The van der Waals surface area contributed by atoms with Crippen molar-refractivity contribution in [2.24, 2.45) is 5.92 Å². The predicted octanol–water partition coefficient (Wildman–Crippen LogP) is 4.38. The molecule has 0 bridgehead atoms. The van der Waals surface area contributed by atoms with Crippen molar-refractivity contribution in [3.8, 4) is 0 Å². The molecule has 0 radical (unpaired) electrons. The van der Waals surface area contributed by atoms with Crippen LogP contribution >= 0.6 is 0 Å². The number of hydrogen-bond acceptors (Lipinski definition) is 12. The van der Waals surface area contributed by atoms with Gasteiger partial charge in [-0.1, -0.05) is 87.2 Å². The Morgan fingerprint density at radius 2 is 1.45 bits per heavy atom. The topological polar surface area (TPSA) is 229 Å². The maximum absolute atomic E-state index is 14.5. The van der Waals surface area contributed by atoms with E-state index < -0.39 is 77.2 Å². The zero-order valence-corrected chi connectivity index (χ0v) is 36.7. The number of piperidine rings is 1. The molecule has 62 heavy (non-hydrogen) atoms. The normalized spacial score (nSPS) is 17.5. The lowest BCUT2D eigenvalue weighted by Crippen LogP contribution is -2.65. The van der Waals surface area contributed by atoms with Crippen LogP contribution in [0.1, 0.15) is 84.3 Å². The van der Waals surface area contributed by atoms with Gasteiger partial charge in [0, 0.05) is 19.4 Å². The van der Waals surface area contributed by atoms with Crippen molar-refractivity contribution in [1.82, 2.24) is 31.9 Å². The number of rotatable bonds is 22. The van der Waals surface area contributed by atoms with Gasteiger partial charge in [0.2, 0.25) is 11.8 Å². The lowest BCUT2D eigenvalue weighted by atomic mass is 9.81. The summed E-state index contributed by atoms with van der Waals surface area (Å²) >= 11 is 0. The molecule has 1 saturated heterocycles. The second kappa shape index (κ2) is 25.1. The average molecular weight is 865 g/mol. The summed E-state index contributed by atoms with van der Waals surface area (Å²) in [4.78, 5) is 93.9. The second-order valence-corrected chi connectivity index (χ2v) is 16.6. The van der Waals surface area contributed by atoms with Crippen molar-refractivity contribution in [1.29, 1.82) is 0 Å². The molecule has 340 valence electrons. The number of alkyl carbamates (subject to hydrolysis) is 3. The van der Waals surface area contributed by atoms with Crippen molar-refractivity contribution in [3.05, 3.63) is 84.4 Å². The van der Waals surface area contributed by atoms with Crippen LogP contribution in [-0.4, -0.2) is 104 Å². The molecule has 1 aliphatic rings. The van der Waals surface area contributed by atoms with Crippen LogP contribution in [0.4, 0.5) is 14.4 Å². The lowest BCUT2D eigenvalue weighted by molar-refractivity contribution is -0.150.